The number of nitrogens with zero attached hydrogens (tertiary/aromatic N) is 2. The van der Waals surface area contributed by atoms with Crippen LogP contribution in [0, 0.1) is 12.7 Å². The van der Waals surface area contributed by atoms with Crippen LogP contribution in [0.4, 0.5) is 4.39 Å². The van der Waals surface area contributed by atoms with E-state index in [4.69, 9.17) is 10.2 Å². The fourth-order valence-corrected chi connectivity index (χ4v) is 2.64. The molecular weight excluding hydrogens is 327 g/mol. The van der Waals surface area contributed by atoms with Crippen molar-refractivity contribution in [3.8, 4) is 0 Å². The number of benzene rings is 1. The van der Waals surface area contributed by atoms with Gasteiger partial charge in [-0.1, -0.05) is 0 Å². The summed E-state index contributed by atoms with van der Waals surface area (Å²) < 4.78 is 19.1. The molecule has 128 valence electrons. The van der Waals surface area contributed by atoms with Crippen LogP contribution < -0.4 is 11.1 Å². The molecular formula is C17H15FN4O3. The van der Waals surface area contributed by atoms with Crippen LogP contribution in [0.25, 0.3) is 11.0 Å². The molecule has 8 heteroatoms. The van der Waals surface area contributed by atoms with Gasteiger partial charge in [-0.15, -0.1) is 0 Å². The van der Waals surface area contributed by atoms with Crippen molar-refractivity contribution in [3.63, 3.8) is 0 Å². The van der Waals surface area contributed by atoms with Gasteiger partial charge in [0.15, 0.2) is 11.4 Å². The van der Waals surface area contributed by atoms with Gasteiger partial charge >= 0.3 is 0 Å². The third-order valence-corrected chi connectivity index (χ3v) is 3.82. The number of halogens is 1. The van der Waals surface area contributed by atoms with Crippen LogP contribution in [-0.4, -0.2) is 21.8 Å². The minimum atomic E-state index is -0.846. The molecule has 0 radical (unpaired) electrons. The summed E-state index contributed by atoms with van der Waals surface area (Å²) in [5.41, 5.74) is 6.07. The normalized spacial score (nSPS) is 12.1. The number of aryl methyl sites for hydroxylation is 1. The van der Waals surface area contributed by atoms with E-state index in [9.17, 15) is 14.0 Å². The van der Waals surface area contributed by atoms with E-state index in [1.54, 1.807) is 13.8 Å². The van der Waals surface area contributed by atoms with E-state index in [1.807, 2.05) is 0 Å². The number of hydrogen-bond donors (Lipinski definition) is 2. The van der Waals surface area contributed by atoms with Gasteiger partial charge in [0.1, 0.15) is 17.2 Å². The van der Waals surface area contributed by atoms with Crippen molar-refractivity contribution in [1.82, 2.24) is 15.3 Å². The highest BCUT2D eigenvalue weighted by Crippen LogP contribution is 2.30. The maximum Gasteiger partial charge on any atom is 0.272 e. The van der Waals surface area contributed by atoms with Crippen LogP contribution in [-0.2, 0) is 0 Å². The summed E-state index contributed by atoms with van der Waals surface area (Å²) in [5.74, 6) is -1.34. The Morgan fingerprint density at radius 2 is 1.92 bits per heavy atom. The van der Waals surface area contributed by atoms with Gasteiger partial charge in [-0.25, -0.2) is 14.4 Å². The van der Waals surface area contributed by atoms with Crippen LogP contribution >= 0.6 is 0 Å². The Labute approximate surface area is 142 Å². The van der Waals surface area contributed by atoms with E-state index in [2.05, 4.69) is 15.3 Å². The summed E-state index contributed by atoms with van der Waals surface area (Å²) in [6, 6.07) is 3.67. The van der Waals surface area contributed by atoms with E-state index in [-0.39, 0.29) is 17.2 Å². The summed E-state index contributed by atoms with van der Waals surface area (Å²) >= 11 is 0. The molecule has 1 aromatic carbocycles. The molecule has 0 aliphatic carbocycles. The number of primary amides is 1. The smallest absolute Gasteiger partial charge is 0.272 e. The molecule has 0 saturated heterocycles. The number of hydrogen-bond acceptors (Lipinski definition) is 5. The Balaban J connectivity index is 1.90. The average molecular weight is 342 g/mol. The number of nitrogens with two attached hydrogens (primary N) is 1. The zero-order chi connectivity index (χ0) is 18.1. The number of carbonyl (C=O) groups is 2. The van der Waals surface area contributed by atoms with Gasteiger partial charge in [-0.2, -0.15) is 0 Å². The third kappa shape index (κ3) is 3.06. The molecule has 0 fully saturated rings. The lowest BCUT2D eigenvalue weighted by atomic mass is 10.1. The van der Waals surface area contributed by atoms with Gasteiger partial charge in [-0.3, -0.25) is 9.59 Å². The first kappa shape index (κ1) is 16.6. The van der Waals surface area contributed by atoms with Crippen molar-refractivity contribution < 1.29 is 18.4 Å². The zero-order valence-corrected chi connectivity index (χ0v) is 13.5. The second-order valence-electron chi connectivity index (χ2n) is 5.54. The van der Waals surface area contributed by atoms with E-state index in [0.717, 1.165) is 5.56 Å². The third-order valence-electron chi connectivity index (χ3n) is 3.82. The first-order valence-corrected chi connectivity index (χ1v) is 7.48. The molecule has 1 unspecified atom stereocenters. The summed E-state index contributed by atoms with van der Waals surface area (Å²) in [7, 11) is 0. The van der Waals surface area contributed by atoms with Crippen molar-refractivity contribution in [2.75, 3.05) is 0 Å². The lowest BCUT2D eigenvalue weighted by Crippen LogP contribution is -2.30. The molecule has 25 heavy (non-hydrogen) atoms. The lowest BCUT2D eigenvalue weighted by Gasteiger charge is -2.13. The Bertz CT molecular complexity index is 983. The summed E-state index contributed by atoms with van der Waals surface area (Å²) in [4.78, 5) is 31.4. The number of nitrogens with one attached hydrogen (secondary N) is 1. The first-order chi connectivity index (χ1) is 11.9. The van der Waals surface area contributed by atoms with E-state index >= 15 is 0 Å². The monoisotopic (exact) mass is 342 g/mol. The number of amides is 2. The molecule has 0 aliphatic heterocycles. The Hall–Kier alpha value is -3.29. The topological polar surface area (TPSA) is 111 Å². The van der Waals surface area contributed by atoms with Crippen molar-refractivity contribution >= 4 is 22.8 Å². The van der Waals surface area contributed by atoms with Crippen LogP contribution in [0.3, 0.4) is 0 Å². The van der Waals surface area contributed by atoms with Crippen LogP contribution in [0.5, 0.6) is 0 Å². The number of carbonyl (C=O) groups excluding carboxylic acids is 2. The molecule has 3 rings (SSSR count). The Kier molecular flexibility index (Phi) is 4.18. The molecule has 1 atom stereocenters. The standard InChI is InChI=1S/C17H15FN4O3/c1-8-11-7-10(18)3-4-12(11)25-15(8)9(2)22-17(24)14-13(16(19)23)20-5-6-21-14/h3-7,9H,1-2H3,(H2,19,23)(H,22,24). The molecule has 0 spiro atoms. The molecule has 7 nitrogen and oxygen atoms in total. The van der Waals surface area contributed by atoms with Gasteiger partial charge in [0.25, 0.3) is 11.8 Å². The summed E-state index contributed by atoms with van der Waals surface area (Å²) in [6.07, 6.45) is 2.57. The number of aromatic nitrogens is 2. The second kappa shape index (κ2) is 6.31. The number of furan rings is 1. The molecule has 2 amide bonds. The lowest BCUT2D eigenvalue weighted by molar-refractivity contribution is 0.0913. The fourth-order valence-electron chi connectivity index (χ4n) is 2.64. The predicted molar refractivity (Wildman–Crippen MR) is 87.3 cm³/mol. The quantitative estimate of drug-likeness (QED) is 0.755. The van der Waals surface area contributed by atoms with Gasteiger partial charge in [0.2, 0.25) is 0 Å². The maximum absolute atomic E-state index is 13.4. The highest BCUT2D eigenvalue weighted by Gasteiger charge is 2.23. The minimum absolute atomic E-state index is 0.165. The second-order valence-corrected chi connectivity index (χ2v) is 5.54. The van der Waals surface area contributed by atoms with Gasteiger partial charge in [0, 0.05) is 23.3 Å². The molecule has 2 aromatic heterocycles. The predicted octanol–water partition coefficient (Wildman–Crippen LogP) is 2.26. The fraction of sp³-hybridized carbons (Fsp3) is 0.176. The Morgan fingerprint density at radius 1 is 1.24 bits per heavy atom. The van der Waals surface area contributed by atoms with Gasteiger partial charge in [0.05, 0.1) is 6.04 Å². The number of fused-ring (bicyclic) bond motifs is 1. The minimum Gasteiger partial charge on any atom is -0.459 e. The van der Waals surface area contributed by atoms with Gasteiger partial charge < -0.3 is 15.5 Å². The van der Waals surface area contributed by atoms with E-state index in [0.29, 0.717) is 16.7 Å². The van der Waals surface area contributed by atoms with Crippen molar-refractivity contribution in [1.29, 1.82) is 0 Å². The van der Waals surface area contributed by atoms with Crippen LogP contribution in [0.15, 0.2) is 35.0 Å². The molecule has 3 N–H and O–H groups in total. The molecule has 0 aliphatic rings. The average Bonchev–Trinajstić information content (AvgIpc) is 2.91. The van der Waals surface area contributed by atoms with Crippen molar-refractivity contribution in [2.45, 2.75) is 19.9 Å². The SMILES string of the molecule is Cc1c(C(C)NC(=O)c2nccnc2C(N)=O)oc2ccc(F)cc12. The van der Waals surface area contributed by atoms with Crippen molar-refractivity contribution in [3.05, 3.63) is 59.1 Å². The maximum atomic E-state index is 13.4. The Morgan fingerprint density at radius 3 is 2.60 bits per heavy atom. The van der Waals surface area contributed by atoms with Crippen LogP contribution in [0.2, 0.25) is 0 Å². The summed E-state index contributed by atoms with van der Waals surface area (Å²) in [5, 5.41) is 3.32. The molecule has 2 heterocycles. The highest BCUT2D eigenvalue weighted by molar-refractivity contribution is 6.04. The molecule has 3 aromatic rings. The number of rotatable bonds is 4. The van der Waals surface area contributed by atoms with Gasteiger partial charge in [-0.05, 0) is 32.0 Å². The largest absolute Gasteiger partial charge is 0.459 e. The molecule has 0 bridgehead atoms. The zero-order valence-electron chi connectivity index (χ0n) is 13.5. The molecule has 0 saturated carbocycles. The first-order valence-electron chi connectivity index (χ1n) is 7.48. The van der Waals surface area contributed by atoms with Crippen molar-refractivity contribution in [2.24, 2.45) is 5.73 Å². The van der Waals surface area contributed by atoms with E-state index in [1.165, 1.54) is 30.6 Å². The van der Waals surface area contributed by atoms with Crippen LogP contribution in [0.1, 0.15) is 45.3 Å². The summed E-state index contributed by atoms with van der Waals surface area (Å²) in [6.45, 7) is 3.49. The van der Waals surface area contributed by atoms with E-state index < -0.39 is 17.9 Å². The highest BCUT2D eigenvalue weighted by atomic mass is 19.1.